The molecule has 1 saturated carbocycles. The van der Waals surface area contributed by atoms with Gasteiger partial charge in [-0.2, -0.15) is 11.3 Å². The second kappa shape index (κ2) is 7.93. The zero-order chi connectivity index (χ0) is 18.3. The zero-order valence-electron chi connectivity index (χ0n) is 15.7. The molecule has 2 aromatic rings. The van der Waals surface area contributed by atoms with Gasteiger partial charge in [-0.15, -0.1) is 12.4 Å². The van der Waals surface area contributed by atoms with Crippen molar-refractivity contribution in [1.29, 1.82) is 0 Å². The summed E-state index contributed by atoms with van der Waals surface area (Å²) in [6.45, 7) is 3.88. The number of hydrogen-bond donors (Lipinski definition) is 1. The third kappa shape index (κ3) is 3.61. The van der Waals surface area contributed by atoms with Crippen LogP contribution in [0, 0.1) is 5.41 Å². The van der Waals surface area contributed by atoms with Crippen LogP contribution in [0.15, 0.2) is 35.0 Å². The predicted molar refractivity (Wildman–Crippen MR) is 112 cm³/mol. The van der Waals surface area contributed by atoms with Gasteiger partial charge in [0, 0.05) is 18.2 Å². The van der Waals surface area contributed by atoms with Crippen molar-refractivity contribution in [3.63, 3.8) is 0 Å². The largest absolute Gasteiger partial charge is 0.486 e. The standard InChI is InChI=1S/C21H24N2O3S.ClH/c24-20(16-1-2-17-18(11-16)26-9-8-25-17)23(13-15-3-10-27-14-15)19-12-21(19)4-6-22-7-5-21;/h1-3,10-11,14,19,22H,4-9,12-13H2;1H. The molecule has 2 aliphatic heterocycles. The Morgan fingerprint density at radius 1 is 1.18 bits per heavy atom. The van der Waals surface area contributed by atoms with Crippen LogP contribution in [0.4, 0.5) is 0 Å². The summed E-state index contributed by atoms with van der Waals surface area (Å²) in [5.41, 5.74) is 2.21. The highest BCUT2D eigenvalue weighted by Crippen LogP contribution is 2.56. The minimum absolute atomic E-state index is 0. The average molecular weight is 421 g/mol. The number of benzene rings is 1. The van der Waals surface area contributed by atoms with E-state index < -0.39 is 0 Å². The lowest BCUT2D eigenvalue weighted by Crippen LogP contribution is -2.39. The number of halogens is 1. The smallest absolute Gasteiger partial charge is 0.254 e. The van der Waals surface area contributed by atoms with E-state index in [0.717, 1.165) is 38.1 Å². The molecule has 1 saturated heterocycles. The third-order valence-electron chi connectivity index (χ3n) is 6.11. The summed E-state index contributed by atoms with van der Waals surface area (Å²) in [6, 6.07) is 8.02. The van der Waals surface area contributed by atoms with Crippen molar-refractivity contribution in [2.75, 3.05) is 26.3 Å². The molecule has 5 nitrogen and oxygen atoms in total. The molecule has 1 spiro atoms. The molecule has 3 aliphatic rings. The Morgan fingerprint density at radius 3 is 2.71 bits per heavy atom. The fourth-order valence-corrected chi connectivity index (χ4v) is 5.13. The average Bonchev–Trinajstić information content (AvgIpc) is 3.14. The first-order valence-corrected chi connectivity index (χ1v) is 10.6. The summed E-state index contributed by atoms with van der Waals surface area (Å²) in [4.78, 5) is 15.6. The number of nitrogens with zero attached hydrogens (tertiary/aromatic N) is 1. The van der Waals surface area contributed by atoms with E-state index in [1.165, 1.54) is 5.56 Å². The second-order valence-electron chi connectivity index (χ2n) is 7.76. The molecule has 1 aliphatic carbocycles. The number of ether oxygens (including phenoxy) is 2. The van der Waals surface area contributed by atoms with E-state index in [-0.39, 0.29) is 18.3 Å². The predicted octanol–water partition coefficient (Wildman–Crippen LogP) is 3.73. The van der Waals surface area contributed by atoms with Gasteiger partial charge in [0.2, 0.25) is 0 Å². The van der Waals surface area contributed by atoms with Crippen LogP contribution in [0.3, 0.4) is 0 Å². The minimum Gasteiger partial charge on any atom is -0.486 e. The number of piperidine rings is 1. The third-order valence-corrected chi connectivity index (χ3v) is 6.84. The van der Waals surface area contributed by atoms with Gasteiger partial charge < -0.3 is 19.7 Å². The molecule has 28 heavy (non-hydrogen) atoms. The van der Waals surface area contributed by atoms with Crippen molar-refractivity contribution >= 4 is 29.7 Å². The Bertz CT molecular complexity index is 836. The summed E-state index contributed by atoms with van der Waals surface area (Å²) in [5, 5.41) is 7.67. The van der Waals surface area contributed by atoms with Crippen molar-refractivity contribution in [2.24, 2.45) is 5.41 Å². The minimum atomic E-state index is 0. The molecular formula is C21H25ClN2O3S. The maximum Gasteiger partial charge on any atom is 0.254 e. The number of amides is 1. The Hall–Kier alpha value is -1.76. The lowest BCUT2D eigenvalue weighted by atomic mass is 9.93. The van der Waals surface area contributed by atoms with Crippen LogP contribution in [-0.2, 0) is 6.54 Å². The first-order valence-electron chi connectivity index (χ1n) is 9.68. The zero-order valence-corrected chi connectivity index (χ0v) is 17.3. The molecule has 0 bridgehead atoms. The molecule has 1 atom stereocenters. The first kappa shape index (κ1) is 19.6. The van der Waals surface area contributed by atoms with E-state index in [1.54, 1.807) is 11.3 Å². The Kier molecular flexibility index (Phi) is 5.54. The number of carbonyl (C=O) groups excluding carboxylic acids is 1. The molecule has 0 radical (unpaired) electrons. The molecule has 3 heterocycles. The molecule has 1 unspecified atom stereocenters. The van der Waals surface area contributed by atoms with Gasteiger partial charge in [0.05, 0.1) is 0 Å². The van der Waals surface area contributed by atoms with E-state index in [2.05, 4.69) is 27.0 Å². The maximum atomic E-state index is 13.5. The number of carbonyl (C=O) groups is 1. The van der Waals surface area contributed by atoms with Crippen LogP contribution >= 0.6 is 23.7 Å². The fraction of sp³-hybridized carbons (Fsp3) is 0.476. The Morgan fingerprint density at radius 2 is 1.96 bits per heavy atom. The van der Waals surface area contributed by atoms with Gasteiger partial charge in [-0.3, -0.25) is 4.79 Å². The summed E-state index contributed by atoms with van der Waals surface area (Å²) < 4.78 is 11.3. The topological polar surface area (TPSA) is 50.8 Å². The Labute approximate surface area is 175 Å². The highest BCUT2D eigenvalue weighted by Gasteiger charge is 2.57. The second-order valence-corrected chi connectivity index (χ2v) is 8.54. The molecule has 1 amide bonds. The number of fused-ring (bicyclic) bond motifs is 1. The molecule has 2 fully saturated rings. The highest BCUT2D eigenvalue weighted by atomic mass is 35.5. The van der Waals surface area contributed by atoms with Gasteiger partial charge in [0.15, 0.2) is 11.5 Å². The number of nitrogens with one attached hydrogen (secondary N) is 1. The molecule has 150 valence electrons. The lowest BCUT2D eigenvalue weighted by Gasteiger charge is -2.30. The van der Waals surface area contributed by atoms with Crippen LogP contribution in [-0.4, -0.2) is 43.2 Å². The van der Waals surface area contributed by atoms with Crippen molar-refractivity contribution in [3.8, 4) is 11.5 Å². The van der Waals surface area contributed by atoms with E-state index in [4.69, 9.17) is 9.47 Å². The first-order chi connectivity index (χ1) is 13.3. The molecule has 7 heteroatoms. The number of hydrogen-bond acceptors (Lipinski definition) is 5. The van der Waals surface area contributed by atoms with E-state index in [9.17, 15) is 4.79 Å². The van der Waals surface area contributed by atoms with Gasteiger partial charge >= 0.3 is 0 Å². The molecule has 1 aromatic heterocycles. The van der Waals surface area contributed by atoms with Gasteiger partial charge in [0.1, 0.15) is 13.2 Å². The van der Waals surface area contributed by atoms with Crippen molar-refractivity contribution in [1.82, 2.24) is 10.2 Å². The van der Waals surface area contributed by atoms with Gasteiger partial charge in [-0.25, -0.2) is 0 Å². The summed E-state index contributed by atoms with van der Waals surface area (Å²) in [5.74, 6) is 1.50. The van der Waals surface area contributed by atoms with E-state index in [1.807, 2.05) is 18.2 Å². The number of thiophene rings is 1. The normalized spacial score (nSPS) is 21.6. The summed E-state index contributed by atoms with van der Waals surface area (Å²) >= 11 is 1.68. The SMILES string of the molecule is Cl.O=C(c1ccc2c(c1)OCCO2)N(Cc1ccsc1)C1CC12CCNCC2. The van der Waals surface area contributed by atoms with Crippen molar-refractivity contribution < 1.29 is 14.3 Å². The highest BCUT2D eigenvalue weighted by molar-refractivity contribution is 7.07. The van der Waals surface area contributed by atoms with Crippen molar-refractivity contribution in [2.45, 2.75) is 31.8 Å². The molecule has 5 rings (SSSR count). The van der Waals surface area contributed by atoms with Gasteiger partial charge in [-0.1, -0.05) is 0 Å². The van der Waals surface area contributed by atoms with Gasteiger partial charge in [-0.05, 0) is 78.4 Å². The molecule has 1 N–H and O–H groups in total. The van der Waals surface area contributed by atoms with Crippen LogP contribution in [0.1, 0.15) is 35.2 Å². The molecular weight excluding hydrogens is 396 g/mol. The maximum absolute atomic E-state index is 13.5. The van der Waals surface area contributed by atoms with E-state index in [0.29, 0.717) is 42.5 Å². The van der Waals surface area contributed by atoms with Gasteiger partial charge in [0.25, 0.3) is 5.91 Å². The monoisotopic (exact) mass is 420 g/mol. The quantitative estimate of drug-likeness (QED) is 0.818. The lowest BCUT2D eigenvalue weighted by molar-refractivity contribution is 0.0691. The fourth-order valence-electron chi connectivity index (χ4n) is 4.47. The summed E-state index contributed by atoms with van der Waals surface area (Å²) in [6.07, 6.45) is 3.44. The van der Waals surface area contributed by atoms with E-state index >= 15 is 0 Å². The molecule has 1 aromatic carbocycles. The van der Waals surface area contributed by atoms with Crippen LogP contribution in [0.2, 0.25) is 0 Å². The van der Waals surface area contributed by atoms with Crippen LogP contribution in [0.5, 0.6) is 11.5 Å². The van der Waals surface area contributed by atoms with Crippen molar-refractivity contribution in [3.05, 3.63) is 46.2 Å². The summed E-state index contributed by atoms with van der Waals surface area (Å²) in [7, 11) is 0. The Balaban J connectivity index is 0.00000192. The van der Waals surface area contributed by atoms with Crippen LogP contribution in [0.25, 0.3) is 0 Å². The number of rotatable bonds is 4. The van der Waals surface area contributed by atoms with Crippen LogP contribution < -0.4 is 14.8 Å².